The number of thioether (sulfide) groups is 4. The van der Waals surface area contributed by atoms with E-state index in [0.717, 1.165) is 40.3 Å². The summed E-state index contributed by atoms with van der Waals surface area (Å²) < 4.78 is 14.9. The molecule has 0 bridgehead atoms. The molecule has 0 aliphatic rings. The van der Waals surface area contributed by atoms with Crippen LogP contribution in [0.3, 0.4) is 0 Å². The van der Waals surface area contributed by atoms with Gasteiger partial charge in [-0.15, -0.1) is 0 Å². The van der Waals surface area contributed by atoms with E-state index in [1.807, 2.05) is 32.5 Å². The lowest BCUT2D eigenvalue weighted by Crippen LogP contribution is -2.14. The van der Waals surface area contributed by atoms with Crippen molar-refractivity contribution in [2.45, 2.75) is 45.3 Å². The molecular formula is C20H36O6S4. The average molecular weight is 501 g/mol. The monoisotopic (exact) mass is 500 g/mol. The van der Waals surface area contributed by atoms with Crippen LogP contribution in [0.2, 0.25) is 0 Å². The largest absolute Gasteiger partial charge is 0.466 e. The number of carbonyl (C=O) groups is 3. The number of ether oxygens (including phenoxy) is 3. The molecule has 0 spiro atoms. The Balaban J connectivity index is 4.04. The van der Waals surface area contributed by atoms with Gasteiger partial charge in [0, 0.05) is 45.5 Å². The highest BCUT2D eigenvalue weighted by molar-refractivity contribution is 8.06. The molecule has 0 amide bonds. The zero-order chi connectivity index (χ0) is 22.5. The summed E-state index contributed by atoms with van der Waals surface area (Å²) in [5.74, 6) is 5.83. The maximum Gasteiger partial charge on any atom is 0.306 e. The van der Waals surface area contributed by atoms with E-state index in [2.05, 4.69) is 0 Å². The lowest BCUT2D eigenvalue weighted by molar-refractivity contribution is -0.143. The molecule has 0 saturated carbocycles. The van der Waals surface area contributed by atoms with Crippen LogP contribution in [0, 0.1) is 0 Å². The molecule has 176 valence electrons. The van der Waals surface area contributed by atoms with Gasteiger partial charge in [0.15, 0.2) is 0 Å². The Morgan fingerprint density at radius 3 is 1.50 bits per heavy atom. The first-order valence-corrected chi connectivity index (χ1v) is 14.9. The number of carbonyl (C=O) groups excluding carboxylic acids is 3. The Kier molecular flexibility index (Phi) is 21.9. The van der Waals surface area contributed by atoms with Gasteiger partial charge >= 0.3 is 17.9 Å². The lowest BCUT2D eigenvalue weighted by atomic mass is 10.5. The van der Waals surface area contributed by atoms with Crippen molar-refractivity contribution >= 4 is 65.0 Å². The molecule has 0 rings (SSSR count). The van der Waals surface area contributed by atoms with Crippen LogP contribution >= 0.6 is 47.0 Å². The van der Waals surface area contributed by atoms with Crippen molar-refractivity contribution in [2.75, 3.05) is 60.1 Å². The van der Waals surface area contributed by atoms with Crippen LogP contribution in [-0.4, -0.2) is 83.2 Å². The first kappa shape index (κ1) is 29.8. The minimum Gasteiger partial charge on any atom is -0.466 e. The van der Waals surface area contributed by atoms with Crippen molar-refractivity contribution in [2.24, 2.45) is 0 Å². The third-order valence-electron chi connectivity index (χ3n) is 3.46. The van der Waals surface area contributed by atoms with E-state index >= 15 is 0 Å². The van der Waals surface area contributed by atoms with Crippen molar-refractivity contribution in [3.05, 3.63) is 0 Å². The molecule has 6 nitrogen and oxygen atoms in total. The van der Waals surface area contributed by atoms with E-state index in [-0.39, 0.29) is 17.9 Å². The highest BCUT2D eigenvalue weighted by Crippen LogP contribution is 2.23. The van der Waals surface area contributed by atoms with Crippen LogP contribution < -0.4 is 0 Å². The van der Waals surface area contributed by atoms with Crippen LogP contribution in [0.25, 0.3) is 0 Å². The van der Waals surface area contributed by atoms with Crippen molar-refractivity contribution in [1.29, 1.82) is 0 Å². The van der Waals surface area contributed by atoms with E-state index in [4.69, 9.17) is 14.2 Å². The summed E-state index contributed by atoms with van der Waals surface area (Å²) in [7, 11) is 0. The van der Waals surface area contributed by atoms with E-state index in [1.165, 1.54) is 0 Å². The molecule has 0 N–H and O–H groups in total. The van der Waals surface area contributed by atoms with E-state index in [1.54, 1.807) is 35.3 Å². The van der Waals surface area contributed by atoms with Gasteiger partial charge in [-0.05, 0) is 20.8 Å². The molecule has 30 heavy (non-hydrogen) atoms. The SMILES string of the molecule is CCOC(=O)CCSCCSCC(CSCCC(=O)OCC)SCCC(=O)OCC. The van der Waals surface area contributed by atoms with Gasteiger partial charge in [0.25, 0.3) is 0 Å². The Hall–Kier alpha value is -0.190. The maximum absolute atomic E-state index is 11.5. The predicted octanol–water partition coefficient (Wildman–Crippen LogP) is 4.15. The lowest BCUT2D eigenvalue weighted by Gasteiger charge is -2.16. The smallest absolute Gasteiger partial charge is 0.306 e. The second kappa shape index (κ2) is 22.0. The fourth-order valence-corrected chi connectivity index (χ4v) is 7.09. The Morgan fingerprint density at radius 1 is 0.600 bits per heavy atom. The number of rotatable bonds is 20. The molecule has 0 fully saturated rings. The molecule has 1 unspecified atom stereocenters. The number of esters is 3. The zero-order valence-electron chi connectivity index (χ0n) is 18.4. The molecule has 0 aliphatic carbocycles. The standard InChI is InChI=1S/C20H36O6S4/c1-4-24-18(21)7-10-27-13-14-29-16-17(30-12-9-20(23)26-6-3)15-28-11-8-19(22)25-5-2/h17H,4-16H2,1-3H3. The third-order valence-corrected chi connectivity index (χ3v) is 8.63. The normalized spacial score (nSPS) is 11.7. The van der Waals surface area contributed by atoms with E-state index in [9.17, 15) is 14.4 Å². The Morgan fingerprint density at radius 2 is 1.00 bits per heavy atom. The van der Waals surface area contributed by atoms with Gasteiger partial charge in [-0.3, -0.25) is 14.4 Å². The number of hydrogen-bond donors (Lipinski definition) is 0. The quantitative estimate of drug-likeness (QED) is 0.138. The summed E-state index contributed by atoms with van der Waals surface area (Å²) in [5, 5.41) is 0.418. The maximum atomic E-state index is 11.5. The molecule has 0 aromatic carbocycles. The first-order valence-electron chi connectivity index (χ1n) is 10.3. The van der Waals surface area contributed by atoms with Gasteiger partial charge in [0.2, 0.25) is 0 Å². The topological polar surface area (TPSA) is 78.9 Å². The highest BCUT2D eigenvalue weighted by atomic mass is 32.2. The van der Waals surface area contributed by atoms with Gasteiger partial charge in [-0.2, -0.15) is 47.0 Å². The second-order valence-corrected chi connectivity index (χ2v) is 10.9. The summed E-state index contributed by atoms with van der Waals surface area (Å²) in [5.41, 5.74) is 0. The van der Waals surface area contributed by atoms with Crippen LogP contribution in [0.4, 0.5) is 0 Å². The first-order chi connectivity index (χ1) is 14.5. The minimum atomic E-state index is -0.149. The molecular weight excluding hydrogens is 464 g/mol. The zero-order valence-corrected chi connectivity index (χ0v) is 21.6. The van der Waals surface area contributed by atoms with Gasteiger partial charge in [0.05, 0.1) is 39.1 Å². The van der Waals surface area contributed by atoms with E-state index < -0.39 is 0 Å². The van der Waals surface area contributed by atoms with Crippen molar-refractivity contribution in [3.8, 4) is 0 Å². The van der Waals surface area contributed by atoms with Crippen molar-refractivity contribution in [3.63, 3.8) is 0 Å². The predicted molar refractivity (Wildman–Crippen MR) is 132 cm³/mol. The fourth-order valence-electron chi connectivity index (χ4n) is 2.11. The van der Waals surface area contributed by atoms with Crippen molar-refractivity contribution in [1.82, 2.24) is 0 Å². The summed E-state index contributed by atoms with van der Waals surface area (Å²) in [6.45, 7) is 6.72. The van der Waals surface area contributed by atoms with Crippen LogP contribution in [0.15, 0.2) is 0 Å². The van der Waals surface area contributed by atoms with Gasteiger partial charge < -0.3 is 14.2 Å². The van der Waals surface area contributed by atoms with Crippen molar-refractivity contribution < 1.29 is 28.6 Å². The Bertz CT molecular complexity index is 465. The van der Waals surface area contributed by atoms with Gasteiger partial charge in [-0.1, -0.05) is 0 Å². The summed E-state index contributed by atoms with van der Waals surface area (Å²) in [6.07, 6.45) is 1.33. The summed E-state index contributed by atoms with van der Waals surface area (Å²) >= 11 is 7.21. The van der Waals surface area contributed by atoms with Crippen LogP contribution in [0.1, 0.15) is 40.0 Å². The molecule has 10 heteroatoms. The average Bonchev–Trinajstić information content (AvgIpc) is 2.70. The molecule has 0 heterocycles. The molecule has 0 aromatic heterocycles. The molecule has 0 aromatic rings. The van der Waals surface area contributed by atoms with Crippen LogP contribution in [0.5, 0.6) is 0 Å². The Labute approximate surface area is 198 Å². The fraction of sp³-hybridized carbons (Fsp3) is 0.850. The summed E-state index contributed by atoms with van der Waals surface area (Å²) in [4.78, 5) is 34.3. The second-order valence-electron chi connectivity index (χ2n) is 5.92. The van der Waals surface area contributed by atoms with E-state index in [0.29, 0.717) is 44.3 Å². The highest BCUT2D eigenvalue weighted by Gasteiger charge is 2.12. The molecule has 0 aliphatic heterocycles. The van der Waals surface area contributed by atoms with Crippen LogP contribution in [-0.2, 0) is 28.6 Å². The molecule has 1 atom stereocenters. The summed E-state index contributed by atoms with van der Waals surface area (Å²) in [6, 6.07) is 0. The number of hydrogen-bond acceptors (Lipinski definition) is 10. The third kappa shape index (κ3) is 19.8. The van der Waals surface area contributed by atoms with Gasteiger partial charge in [0.1, 0.15) is 0 Å². The minimum absolute atomic E-state index is 0.129. The molecule has 0 radical (unpaired) electrons. The van der Waals surface area contributed by atoms with Gasteiger partial charge in [-0.25, -0.2) is 0 Å². The molecule has 0 saturated heterocycles.